The molecule has 0 saturated heterocycles. The van der Waals surface area contributed by atoms with Crippen molar-refractivity contribution in [3.63, 3.8) is 0 Å². The maximum atomic E-state index is 11.5. The highest BCUT2D eigenvalue weighted by molar-refractivity contribution is 5.76. The summed E-state index contributed by atoms with van der Waals surface area (Å²) in [7, 11) is 1.59. The fourth-order valence-corrected chi connectivity index (χ4v) is 1.58. The van der Waals surface area contributed by atoms with E-state index in [0.717, 1.165) is 11.3 Å². The normalized spacial score (nSPS) is 10.1. The summed E-state index contributed by atoms with van der Waals surface area (Å²) in [6.07, 6.45) is 2.75. The quantitative estimate of drug-likeness (QED) is 0.669. The van der Waals surface area contributed by atoms with E-state index < -0.39 is 6.09 Å². The number of urea groups is 1. The number of amides is 3. The molecule has 1 aromatic carbocycles. The molecule has 0 aliphatic rings. The van der Waals surface area contributed by atoms with Crippen LogP contribution in [-0.2, 0) is 4.74 Å². The zero-order chi connectivity index (χ0) is 16.2. The molecule has 0 radical (unpaired) electrons. The van der Waals surface area contributed by atoms with Crippen LogP contribution in [0.2, 0.25) is 0 Å². The van der Waals surface area contributed by atoms with Gasteiger partial charge in [0, 0.05) is 24.9 Å². The molecule has 3 N–H and O–H groups in total. The summed E-state index contributed by atoms with van der Waals surface area (Å²) in [6.45, 7) is 2.63. The summed E-state index contributed by atoms with van der Waals surface area (Å²) in [5.41, 5.74) is 0.856. The van der Waals surface area contributed by atoms with Crippen molar-refractivity contribution in [1.29, 1.82) is 0 Å². The van der Waals surface area contributed by atoms with Crippen LogP contribution < -0.4 is 20.7 Å². The number of carbonyl (C=O) groups is 2. The largest absolute Gasteiger partial charge is 0.496 e. The number of methoxy groups -OCH3 is 1. The van der Waals surface area contributed by atoms with Gasteiger partial charge in [-0.05, 0) is 19.1 Å². The number of ether oxygens (including phenoxy) is 2. The second-order valence-corrected chi connectivity index (χ2v) is 4.12. The lowest BCUT2D eigenvalue weighted by Crippen LogP contribution is -2.38. The average molecular weight is 307 g/mol. The molecule has 120 valence electrons. The van der Waals surface area contributed by atoms with Crippen LogP contribution in [0.3, 0.4) is 0 Å². The number of nitrogens with one attached hydrogen (secondary N) is 3. The fourth-order valence-electron chi connectivity index (χ4n) is 1.58. The Hall–Kier alpha value is -2.70. The lowest BCUT2D eigenvalue weighted by atomic mass is 10.2. The third-order valence-corrected chi connectivity index (χ3v) is 2.57. The van der Waals surface area contributed by atoms with Crippen molar-refractivity contribution in [2.75, 3.05) is 26.8 Å². The molecule has 0 saturated carbocycles. The van der Waals surface area contributed by atoms with E-state index in [-0.39, 0.29) is 6.03 Å². The molecule has 0 heterocycles. The molecule has 0 fully saturated rings. The van der Waals surface area contributed by atoms with E-state index in [4.69, 9.17) is 4.74 Å². The molecule has 7 nitrogen and oxygen atoms in total. The maximum Gasteiger partial charge on any atom is 0.407 e. The lowest BCUT2D eigenvalue weighted by molar-refractivity contribution is 0.152. The van der Waals surface area contributed by atoms with Gasteiger partial charge in [0.05, 0.1) is 13.7 Å². The Labute approximate surface area is 129 Å². The van der Waals surface area contributed by atoms with Crippen molar-refractivity contribution in [1.82, 2.24) is 16.0 Å². The van der Waals surface area contributed by atoms with Crippen molar-refractivity contribution in [3.05, 3.63) is 36.0 Å². The monoisotopic (exact) mass is 307 g/mol. The third kappa shape index (κ3) is 6.65. The average Bonchev–Trinajstić information content (AvgIpc) is 2.52. The topological polar surface area (TPSA) is 88.7 Å². The Morgan fingerprint density at radius 3 is 2.64 bits per heavy atom. The van der Waals surface area contributed by atoms with Gasteiger partial charge in [-0.25, -0.2) is 9.59 Å². The molecule has 1 aromatic rings. The van der Waals surface area contributed by atoms with Gasteiger partial charge in [0.1, 0.15) is 5.75 Å². The second kappa shape index (κ2) is 10.1. The molecule has 0 aromatic heterocycles. The molecule has 0 spiro atoms. The molecule has 1 rings (SSSR count). The Balaban J connectivity index is 2.25. The Morgan fingerprint density at radius 1 is 1.18 bits per heavy atom. The minimum Gasteiger partial charge on any atom is -0.496 e. The highest BCUT2D eigenvalue weighted by atomic mass is 16.5. The number of hydrogen-bond acceptors (Lipinski definition) is 4. The number of hydrogen-bond donors (Lipinski definition) is 3. The number of benzene rings is 1. The number of rotatable bonds is 7. The van der Waals surface area contributed by atoms with Gasteiger partial charge < -0.3 is 25.4 Å². The minimum absolute atomic E-state index is 0.294. The molecular formula is C15H21N3O4. The van der Waals surface area contributed by atoms with Gasteiger partial charge in [0.15, 0.2) is 0 Å². The van der Waals surface area contributed by atoms with E-state index in [2.05, 4.69) is 20.7 Å². The van der Waals surface area contributed by atoms with E-state index in [1.54, 1.807) is 20.1 Å². The predicted octanol–water partition coefficient (Wildman–Crippen LogP) is 1.71. The highest BCUT2D eigenvalue weighted by Crippen LogP contribution is 2.17. The zero-order valence-corrected chi connectivity index (χ0v) is 12.7. The van der Waals surface area contributed by atoms with Gasteiger partial charge in [-0.15, -0.1) is 0 Å². The van der Waals surface area contributed by atoms with Crippen LogP contribution in [-0.4, -0.2) is 38.9 Å². The van der Waals surface area contributed by atoms with Crippen LogP contribution >= 0.6 is 0 Å². The molecular weight excluding hydrogens is 286 g/mol. The van der Waals surface area contributed by atoms with Crippen molar-refractivity contribution >= 4 is 18.2 Å². The molecule has 7 heteroatoms. The summed E-state index contributed by atoms with van der Waals surface area (Å²) < 4.78 is 9.88. The number of carbonyl (C=O) groups excluding carboxylic acids is 2. The molecule has 0 bridgehead atoms. The zero-order valence-electron chi connectivity index (χ0n) is 12.7. The predicted molar refractivity (Wildman–Crippen MR) is 83.6 cm³/mol. The minimum atomic E-state index is -0.499. The van der Waals surface area contributed by atoms with Crippen molar-refractivity contribution in [2.24, 2.45) is 0 Å². The van der Waals surface area contributed by atoms with Gasteiger partial charge in [-0.3, -0.25) is 0 Å². The van der Waals surface area contributed by atoms with Gasteiger partial charge in [-0.2, -0.15) is 0 Å². The summed E-state index contributed by atoms with van der Waals surface area (Å²) in [6, 6.07) is 7.09. The van der Waals surface area contributed by atoms with Crippen LogP contribution in [0.5, 0.6) is 5.75 Å². The van der Waals surface area contributed by atoms with Crippen LogP contribution in [0.15, 0.2) is 30.5 Å². The molecule has 0 aliphatic heterocycles. The highest BCUT2D eigenvalue weighted by Gasteiger charge is 2.00. The third-order valence-electron chi connectivity index (χ3n) is 2.57. The van der Waals surface area contributed by atoms with Crippen LogP contribution in [0.4, 0.5) is 9.59 Å². The molecule has 3 amide bonds. The summed E-state index contributed by atoms with van der Waals surface area (Å²) in [5, 5.41) is 7.66. The van der Waals surface area contributed by atoms with Crippen LogP contribution in [0, 0.1) is 0 Å². The Kier molecular flexibility index (Phi) is 7.96. The molecule has 0 aliphatic carbocycles. The first-order valence-electron chi connectivity index (χ1n) is 6.92. The van der Waals surface area contributed by atoms with E-state index in [0.29, 0.717) is 19.7 Å². The number of alkyl carbamates (subject to hydrolysis) is 1. The summed E-state index contributed by atoms with van der Waals surface area (Å²) >= 11 is 0. The van der Waals surface area contributed by atoms with Crippen molar-refractivity contribution in [2.45, 2.75) is 6.92 Å². The first-order chi connectivity index (χ1) is 10.7. The molecule has 22 heavy (non-hydrogen) atoms. The summed E-state index contributed by atoms with van der Waals surface area (Å²) in [4.78, 5) is 22.5. The van der Waals surface area contributed by atoms with Gasteiger partial charge in [0.25, 0.3) is 0 Å². The Morgan fingerprint density at radius 2 is 1.91 bits per heavy atom. The molecule has 0 unspecified atom stereocenters. The lowest BCUT2D eigenvalue weighted by Gasteiger charge is -2.07. The summed E-state index contributed by atoms with van der Waals surface area (Å²) in [5.74, 6) is 0.722. The number of para-hydroxylation sites is 1. The van der Waals surface area contributed by atoms with E-state index >= 15 is 0 Å². The Bertz CT molecular complexity index is 517. The van der Waals surface area contributed by atoms with Gasteiger partial charge >= 0.3 is 12.1 Å². The maximum absolute atomic E-state index is 11.5. The standard InChI is InChI=1S/C15H21N3O4/c1-3-22-15(20)18-11-10-17-14(19)16-9-8-12-6-4-5-7-13(12)21-2/h4-9H,3,10-11H2,1-2H3,(H,18,20)(H2,16,17,19)/b9-8+. The SMILES string of the molecule is CCOC(=O)NCCNC(=O)N/C=C/c1ccccc1OC. The van der Waals surface area contributed by atoms with E-state index in [1.165, 1.54) is 6.20 Å². The first-order valence-corrected chi connectivity index (χ1v) is 6.92. The van der Waals surface area contributed by atoms with Crippen LogP contribution in [0.25, 0.3) is 6.08 Å². The van der Waals surface area contributed by atoms with Crippen LogP contribution in [0.1, 0.15) is 12.5 Å². The van der Waals surface area contributed by atoms with Gasteiger partial charge in [-0.1, -0.05) is 18.2 Å². The second-order valence-electron chi connectivity index (χ2n) is 4.12. The van der Waals surface area contributed by atoms with Crippen molar-refractivity contribution < 1.29 is 19.1 Å². The molecule has 0 atom stereocenters. The van der Waals surface area contributed by atoms with Crippen molar-refractivity contribution in [3.8, 4) is 5.75 Å². The van der Waals surface area contributed by atoms with E-state index in [9.17, 15) is 9.59 Å². The fraction of sp³-hybridized carbons (Fsp3) is 0.333. The smallest absolute Gasteiger partial charge is 0.407 e. The van der Waals surface area contributed by atoms with Gasteiger partial charge in [0.2, 0.25) is 0 Å². The van der Waals surface area contributed by atoms with E-state index in [1.807, 2.05) is 24.3 Å². The first kappa shape index (κ1) is 17.4.